The SMILES string of the molecule is CNC(=O)c1cnc2ccc(Br)cc2c1. The van der Waals surface area contributed by atoms with Crippen molar-refractivity contribution in [1.82, 2.24) is 10.3 Å². The van der Waals surface area contributed by atoms with Crippen molar-refractivity contribution >= 4 is 32.7 Å². The quantitative estimate of drug-likeness (QED) is 0.860. The van der Waals surface area contributed by atoms with Gasteiger partial charge in [-0.2, -0.15) is 0 Å². The largest absolute Gasteiger partial charge is 0.355 e. The van der Waals surface area contributed by atoms with Crippen molar-refractivity contribution in [1.29, 1.82) is 0 Å². The van der Waals surface area contributed by atoms with Gasteiger partial charge in [-0.1, -0.05) is 15.9 Å². The summed E-state index contributed by atoms with van der Waals surface area (Å²) in [4.78, 5) is 15.6. The number of nitrogens with zero attached hydrogens (tertiary/aromatic N) is 1. The molecule has 0 bridgehead atoms. The lowest BCUT2D eigenvalue weighted by Gasteiger charge is -2.02. The zero-order valence-electron chi connectivity index (χ0n) is 8.12. The third-order valence-electron chi connectivity index (χ3n) is 2.13. The van der Waals surface area contributed by atoms with Crippen LogP contribution in [0.2, 0.25) is 0 Å². The molecule has 0 aliphatic carbocycles. The van der Waals surface area contributed by atoms with E-state index in [2.05, 4.69) is 26.2 Å². The molecule has 1 aromatic carbocycles. The highest BCUT2D eigenvalue weighted by Gasteiger charge is 2.04. The van der Waals surface area contributed by atoms with Gasteiger partial charge in [0.2, 0.25) is 0 Å². The standard InChI is InChI=1S/C11H9BrN2O/c1-13-11(15)8-4-7-5-9(12)2-3-10(7)14-6-8/h2-6H,1H3,(H,13,15). The molecule has 2 aromatic rings. The molecule has 1 N–H and O–H groups in total. The van der Waals surface area contributed by atoms with E-state index in [1.807, 2.05) is 24.3 Å². The summed E-state index contributed by atoms with van der Waals surface area (Å²) in [5.74, 6) is -0.121. The van der Waals surface area contributed by atoms with Crippen molar-refractivity contribution in [3.05, 3.63) is 40.5 Å². The normalized spacial score (nSPS) is 10.3. The van der Waals surface area contributed by atoms with Crippen molar-refractivity contribution in [2.45, 2.75) is 0 Å². The van der Waals surface area contributed by atoms with Gasteiger partial charge in [0.25, 0.3) is 5.91 Å². The highest BCUT2D eigenvalue weighted by molar-refractivity contribution is 9.10. The number of amides is 1. The molecule has 15 heavy (non-hydrogen) atoms. The summed E-state index contributed by atoms with van der Waals surface area (Å²) < 4.78 is 0.978. The molecule has 1 aromatic heterocycles. The van der Waals surface area contributed by atoms with Crippen LogP contribution in [-0.2, 0) is 0 Å². The summed E-state index contributed by atoms with van der Waals surface area (Å²) in [6, 6.07) is 7.60. The average Bonchev–Trinajstić information content (AvgIpc) is 2.27. The molecule has 76 valence electrons. The second-order valence-corrected chi connectivity index (χ2v) is 4.06. The van der Waals surface area contributed by atoms with Gasteiger partial charge in [-0.25, -0.2) is 0 Å². The smallest absolute Gasteiger partial charge is 0.252 e. The first kappa shape index (κ1) is 10.1. The molecule has 0 saturated carbocycles. The van der Waals surface area contributed by atoms with E-state index in [-0.39, 0.29) is 5.91 Å². The number of nitrogens with one attached hydrogen (secondary N) is 1. The minimum Gasteiger partial charge on any atom is -0.355 e. The molecule has 0 radical (unpaired) electrons. The molecule has 0 aliphatic rings. The predicted octanol–water partition coefficient (Wildman–Crippen LogP) is 2.36. The average molecular weight is 265 g/mol. The maximum atomic E-state index is 11.4. The Morgan fingerprint density at radius 1 is 1.40 bits per heavy atom. The van der Waals surface area contributed by atoms with Crippen molar-refractivity contribution < 1.29 is 4.79 Å². The Morgan fingerprint density at radius 3 is 2.93 bits per heavy atom. The van der Waals surface area contributed by atoms with E-state index in [0.29, 0.717) is 5.56 Å². The van der Waals surface area contributed by atoms with Crippen LogP contribution in [0.3, 0.4) is 0 Å². The fourth-order valence-electron chi connectivity index (χ4n) is 1.37. The number of halogens is 1. The zero-order valence-corrected chi connectivity index (χ0v) is 9.71. The van der Waals surface area contributed by atoms with E-state index >= 15 is 0 Å². The van der Waals surface area contributed by atoms with Gasteiger partial charge in [0.1, 0.15) is 0 Å². The Bertz CT molecular complexity index is 525. The molecule has 1 amide bonds. The number of carbonyl (C=O) groups is 1. The molecule has 0 spiro atoms. The number of hydrogen-bond donors (Lipinski definition) is 1. The molecule has 1 heterocycles. The second kappa shape index (κ2) is 3.98. The Kier molecular flexibility index (Phi) is 2.68. The molecule has 0 unspecified atom stereocenters. The van der Waals surface area contributed by atoms with Gasteiger partial charge in [-0.15, -0.1) is 0 Å². The molecule has 2 rings (SSSR count). The van der Waals surface area contributed by atoms with E-state index in [4.69, 9.17) is 0 Å². The van der Waals surface area contributed by atoms with Crippen LogP contribution >= 0.6 is 15.9 Å². The van der Waals surface area contributed by atoms with Gasteiger partial charge in [0, 0.05) is 23.1 Å². The predicted molar refractivity (Wildman–Crippen MR) is 62.8 cm³/mol. The van der Waals surface area contributed by atoms with Crippen molar-refractivity contribution in [2.24, 2.45) is 0 Å². The second-order valence-electron chi connectivity index (χ2n) is 3.14. The van der Waals surface area contributed by atoms with Crippen LogP contribution in [0.4, 0.5) is 0 Å². The molecule has 0 fully saturated rings. The molecule has 0 aliphatic heterocycles. The van der Waals surface area contributed by atoms with E-state index in [0.717, 1.165) is 15.4 Å². The van der Waals surface area contributed by atoms with Crippen LogP contribution in [0.25, 0.3) is 10.9 Å². The summed E-state index contributed by atoms with van der Waals surface area (Å²) in [5, 5.41) is 3.52. The number of benzene rings is 1. The van der Waals surface area contributed by atoms with Crippen molar-refractivity contribution in [2.75, 3.05) is 7.05 Å². The fourth-order valence-corrected chi connectivity index (χ4v) is 1.75. The van der Waals surface area contributed by atoms with Crippen LogP contribution < -0.4 is 5.32 Å². The number of carbonyl (C=O) groups excluding carboxylic acids is 1. The van der Waals surface area contributed by atoms with Crippen LogP contribution in [0.1, 0.15) is 10.4 Å². The first-order chi connectivity index (χ1) is 7.20. The maximum absolute atomic E-state index is 11.4. The van der Waals surface area contributed by atoms with E-state index in [9.17, 15) is 4.79 Å². The summed E-state index contributed by atoms with van der Waals surface area (Å²) >= 11 is 3.38. The number of rotatable bonds is 1. The van der Waals surface area contributed by atoms with Gasteiger partial charge < -0.3 is 5.32 Å². The van der Waals surface area contributed by atoms with Crippen molar-refractivity contribution in [3.8, 4) is 0 Å². The van der Waals surface area contributed by atoms with Gasteiger partial charge in [-0.05, 0) is 24.3 Å². The highest BCUT2D eigenvalue weighted by Crippen LogP contribution is 2.18. The Hall–Kier alpha value is -1.42. The molecule has 0 saturated heterocycles. The zero-order chi connectivity index (χ0) is 10.8. The van der Waals surface area contributed by atoms with Crippen LogP contribution in [0.15, 0.2) is 34.9 Å². The molecule has 4 heteroatoms. The number of hydrogen-bond acceptors (Lipinski definition) is 2. The minimum absolute atomic E-state index is 0.121. The van der Waals surface area contributed by atoms with Crippen LogP contribution in [-0.4, -0.2) is 17.9 Å². The summed E-state index contributed by atoms with van der Waals surface area (Å²) in [5.41, 5.74) is 1.45. The number of fused-ring (bicyclic) bond motifs is 1. The third-order valence-corrected chi connectivity index (χ3v) is 2.63. The van der Waals surface area contributed by atoms with Gasteiger partial charge in [0.05, 0.1) is 11.1 Å². The minimum atomic E-state index is -0.121. The monoisotopic (exact) mass is 264 g/mol. The topological polar surface area (TPSA) is 42.0 Å². The van der Waals surface area contributed by atoms with E-state index < -0.39 is 0 Å². The lowest BCUT2D eigenvalue weighted by atomic mass is 10.1. The van der Waals surface area contributed by atoms with Crippen molar-refractivity contribution in [3.63, 3.8) is 0 Å². The highest BCUT2D eigenvalue weighted by atomic mass is 79.9. The fraction of sp³-hybridized carbons (Fsp3) is 0.0909. The van der Waals surface area contributed by atoms with E-state index in [1.165, 1.54) is 0 Å². The lowest BCUT2D eigenvalue weighted by Crippen LogP contribution is -2.17. The Morgan fingerprint density at radius 2 is 2.20 bits per heavy atom. The Balaban J connectivity index is 2.59. The summed E-state index contributed by atoms with van der Waals surface area (Å²) in [7, 11) is 1.60. The molecule has 3 nitrogen and oxygen atoms in total. The van der Waals surface area contributed by atoms with Gasteiger partial charge in [0.15, 0.2) is 0 Å². The molecular formula is C11H9BrN2O. The summed E-state index contributed by atoms with van der Waals surface area (Å²) in [6.07, 6.45) is 1.58. The van der Waals surface area contributed by atoms with Gasteiger partial charge in [-0.3, -0.25) is 9.78 Å². The summed E-state index contributed by atoms with van der Waals surface area (Å²) in [6.45, 7) is 0. The van der Waals surface area contributed by atoms with Crippen LogP contribution in [0.5, 0.6) is 0 Å². The maximum Gasteiger partial charge on any atom is 0.252 e. The first-order valence-corrected chi connectivity index (χ1v) is 5.27. The van der Waals surface area contributed by atoms with Gasteiger partial charge >= 0.3 is 0 Å². The van der Waals surface area contributed by atoms with E-state index in [1.54, 1.807) is 13.2 Å². The third kappa shape index (κ3) is 1.99. The number of aromatic nitrogens is 1. The first-order valence-electron chi connectivity index (χ1n) is 4.48. The Labute approximate surface area is 95.6 Å². The lowest BCUT2D eigenvalue weighted by molar-refractivity contribution is 0.0963. The molecule has 0 atom stereocenters. The van der Waals surface area contributed by atoms with Crippen LogP contribution in [0, 0.1) is 0 Å². The number of pyridine rings is 1. The molecular weight excluding hydrogens is 256 g/mol.